The van der Waals surface area contributed by atoms with Crippen LogP contribution in [0, 0.1) is 13.8 Å². The van der Waals surface area contributed by atoms with Crippen molar-refractivity contribution < 1.29 is 4.79 Å². The average molecular weight is 205 g/mol. The third-order valence-corrected chi connectivity index (χ3v) is 2.58. The Labute approximate surface area is 88.9 Å². The van der Waals surface area contributed by atoms with E-state index >= 15 is 0 Å². The lowest BCUT2D eigenvalue weighted by Crippen LogP contribution is -2.38. The van der Waals surface area contributed by atoms with Crippen molar-refractivity contribution in [1.82, 2.24) is 4.98 Å². The predicted molar refractivity (Wildman–Crippen MR) is 58.5 cm³/mol. The van der Waals surface area contributed by atoms with Crippen molar-refractivity contribution in [1.29, 1.82) is 0 Å². The number of hydrogen-bond donors (Lipinski definition) is 2. The van der Waals surface area contributed by atoms with Gasteiger partial charge in [-0.3, -0.25) is 4.79 Å². The van der Waals surface area contributed by atoms with Crippen molar-refractivity contribution in [2.45, 2.75) is 32.2 Å². The molecule has 0 aliphatic heterocycles. The highest BCUT2D eigenvalue weighted by Gasteiger charge is 2.46. The van der Waals surface area contributed by atoms with Gasteiger partial charge in [-0.15, -0.1) is 0 Å². The zero-order valence-electron chi connectivity index (χ0n) is 9.00. The zero-order chi connectivity index (χ0) is 11.1. The quantitative estimate of drug-likeness (QED) is 0.760. The van der Waals surface area contributed by atoms with E-state index in [0.29, 0.717) is 5.82 Å². The number of rotatable bonds is 2. The molecule has 80 valence electrons. The van der Waals surface area contributed by atoms with Gasteiger partial charge in [-0.1, -0.05) is 0 Å². The molecule has 0 bridgehead atoms. The largest absolute Gasteiger partial charge is 0.317 e. The monoisotopic (exact) mass is 205 g/mol. The van der Waals surface area contributed by atoms with Crippen LogP contribution in [0.4, 0.5) is 5.82 Å². The number of carbonyl (C=O) groups excluding carboxylic acids is 1. The predicted octanol–water partition coefficient (Wildman–Crippen LogP) is 1.13. The van der Waals surface area contributed by atoms with Gasteiger partial charge < -0.3 is 11.1 Å². The van der Waals surface area contributed by atoms with Crippen LogP contribution in [0.2, 0.25) is 0 Å². The molecule has 15 heavy (non-hydrogen) atoms. The van der Waals surface area contributed by atoms with E-state index in [9.17, 15) is 4.79 Å². The van der Waals surface area contributed by atoms with Crippen molar-refractivity contribution in [3.63, 3.8) is 0 Å². The third-order valence-electron chi connectivity index (χ3n) is 2.58. The first-order valence-electron chi connectivity index (χ1n) is 5.05. The standard InChI is InChI=1S/C11H15N3O/c1-7-5-8(2)13-9(6-7)14-10(15)11(12)3-4-11/h5-6H,3-4,12H2,1-2H3,(H,13,14,15). The summed E-state index contributed by atoms with van der Waals surface area (Å²) >= 11 is 0. The molecule has 2 rings (SSSR count). The molecule has 1 aromatic heterocycles. The minimum atomic E-state index is -0.640. The number of amides is 1. The Morgan fingerprint density at radius 3 is 2.67 bits per heavy atom. The Morgan fingerprint density at radius 2 is 2.13 bits per heavy atom. The molecule has 4 nitrogen and oxygen atoms in total. The summed E-state index contributed by atoms with van der Waals surface area (Å²) in [6, 6.07) is 3.81. The van der Waals surface area contributed by atoms with Crippen LogP contribution in [0.25, 0.3) is 0 Å². The van der Waals surface area contributed by atoms with Gasteiger partial charge >= 0.3 is 0 Å². The highest BCUT2D eigenvalue weighted by atomic mass is 16.2. The molecule has 1 fully saturated rings. The number of nitrogens with one attached hydrogen (secondary N) is 1. The summed E-state index contributed by atoms with van der Waals surface area (Å²) in [6.45, 7) is 3.87. The maximum Gasteiger partial charge on any atom is 0.245 e. The van der Waals surface area contributed by atoms with Gasteiger partial charge in [-0.25, -0.2) is 4.98 Å². The van der Waals surface area contributed by atoms with Crippen molar-refractivity contribution in [2.24, 2.45) is 5.73 Å². The van der Waals surface area contributed by atoms with Crippen LogP contribution < -0.4 is 11.1 Å². The SMILES string of the molecule is Cc1cc(C)nc(NC(=O)C2(N)CC2)c1. The summed E-state index contributed by atoms with van der Waals surface area (Å²) in [5.74, 6) is 0.467. The second-order valence-corrected chi connectivity index (χ2v) is 4.28. The zero-order valence-corrected chi connectivity index (χ0v) is 9.00. The van der Waals surface area contributed by atoms with E-state index < -0.39 is 5.54 Å². The molecule has 3 N–H and O–H groups in total. The maximum atomic E-state index is 11.6. The fraction of sp³-hybridized carbons (Fsp3) is 0.455. The molecule has 1 aliphatic rings. The van der Waals surface area contributed by atoms with Gasteiger partial charge in [0.15, 0.2) is 0 Å². The highest BCUT2D eigenvalue weighted by molar-refractivity contribution is 5.99. The molecule has 0 unspecified atom stereocenters. The van der Waals surface area contributed by atoms with E-state index in [1.165, 1.54) is 0 Å². The number of anilines is 1. The molecule has 4 heteroatoms. The first-order valence-corrected chi connectivity index (χ1v) is 5.05. The molecular weight excluding hydrogens is 190 g/mol. The van der Waals surface area contributed by atoms with Crippen LogP contribution >= 0.6 is 0 Å². The summed E-state index contributed by atoms with van der Waals surface area (Å²) in [7, 11) is 0. The minimum Gasteiger partial charge on any atom is -0.317 e. The van der Waals surface area contributed by atoms with Gasteiger partial charge in [-0.2, -0.15) is 0 Å². The lowest BCUT2D eigenvalue weighted by Gasteiger charge is -2.10. The fourth-order valence-electron chi connectivity index (χ4n) is 1.51. The first-order chi connectivity index (χ1) is 6.99. The average Bonchev–Trinajstić information content (AvgIpc) is 2.83. The van der Waals surface area contributed by atoms with Crippen LogP contribution in [-0.4, -0.2) is 16.4 Å². The topological polar surface area (TPSA) is 68.0 Å². The first kappa shape index (κ1) is 10.1. The number of aryl methyl sites for hydroxylation is 2. The van der Waals surface area contributed by atoms with Gasteiger partial charge in [0.25, 0.3) is 0 Å². The molecule has 0 atom stereocenters. The number of hydrogen-bond acceptors (Lipinski definition) is 3. The molecule has 1 amide bonds. The smallest absolute Gasteiger partial charge is 0.245 e. The molecule has 1 saturated carbocycles. The van der Waals surface area contributed by atoms with E-state index in [1.54, 1.807) is 0 Å². The molecule has 1 aromatic rings. The van der Waals surface area contributed by atoms with Crippen molar-refractivity contribution in [3.05, 3.63) is 23.4 Å². The summed E-state index contributed by atoms with van der Waals surface area (Å²) in [5, 5.41) is 2.75. The Morgan fingerprint density at radius 1 is 1.47 bits per heavy atom. The minimum absolute atomic E-state index is 0.125. The third kappa shape index (κ3) is 2.15. The molecular formula is C11H15N3O. The van der Waals surface area contributed by atoms with E-state index in [0.717, 1.165) is 24.1 Å². The molecule has 0 saturated heterocycles. The van der Waals surface area contributed by atoms with Crippen LogP contribution in [0.5, 0.6) is 0 Å². The Balaban J connectivity index is 2.13. The van der Waals surface area contributed by atoms with Crippen LogP contribution in [-0.2, 0) is 4.79 Å². The molecule has 0 spiro atoms. The number of pyridine rings is 1. The Bertz CT molecular complexity index is 390. The second kappa shape index (κ2) is 3.31. The van der Waals surface area contributed by atoms with Crippen LogP contribution in [0.15, 0.2) is 12.1 Å². The molecule has 1 aliphatic carbocycles. The summed E-state index contributed by atoms with van der Waals surface area (Å²) in [5.41, 5.74) is 7.11. The molecule has 0 aromatic carbocycles. The van der Waals surface area contributed by atoms with Crippen molar-refractivity contribution in [3.8, 4) is 0 Å². The summed E-state index contributed by atoms with van der Waals surface area (Å²) in [4.78, 5) is 15.9. The van der Waals surface area contributed by atoms with Crippen molar-refractivity contribution >= 4 is 11.7 Å². The molecule has 1 heterocycles. The lowest BCUT2D eigenvalue weighted by molar-refractivity contribution is -0.118. The summed E-state index contributed by atoms with van der Waals surface area (Å²) < 4.78 is 0. The highest BCUT2D eigenvalue weighted by Crippen LogP contribution is 2.33. The summed E-state index contributed by atoms with van der Waals surface area (Å²) in [6.07, 6.45) is 1.53. The van der Waals surface area contributed by atoms with Gasteiger partial charge in [-0.05, 0) is 44.4 Å². The van der Waals surface area contributed by atoms with Gasteiger partial charge in [0.1, 0.15) is 5.82 Å². The normalized spacial score (nSPS) is 17.3. The van der Waals surface area contributed by atoms with E-state index in [1.807, 2.05) is 26.0 Å². The van der Waals surface area contributed by atoms with Gasteiger partial charge in [0.2, 0.25) is 5.91 Å². The maximum absolute atomic E-state index is 11.6. The Hall–Kier alpha value is -1.42. The van der Waals surface area contributed by atoms with Crippen LogP contribution in [0.3, 0.4) is 0 Å². The fourth-order valence-corrected chi connectivity index (χ4v) is 1.51. The van der Waals surface area contributed by atoms with E-state index in [-0.39, 0.29) is 5.91 Å². The van der Waals surface area contributed by atoms with Gasteiger partial charge in [0.05, 0.1) is 5.54 Å². The Kier molecular flexibility index (Phi) is 2.23. The van der Waals surface area contributed by atoms with E-state index in [4.69, 9.17) is 5.73 Å². The number of nitrogens with two attached hydrogens (primary N) is 1. The molecule has 0 radical (unpaired) electrons. The number of carbonyl (C=O) groups is 1. The lowest BCUT2D eigenvalue weighted by atomic mass is 10.2. The van der Waals surface area contributed by atoms with Crippen LogP contribution in [0.1, 0.15) is 24.1 Å². The van der Waals surface area contributed by atoms with Gasteiger partial charge in [0, 0.05) is 5.69 Å². The number of nitrogens with zero attached hydrogens (tertiary/aromatic N) is 1. The second-order valence-electron chi connectivity index (χ2n) is 4.28. The van der Waals surface area contributed by atoms with E-state index in [2.05, 4.69) is 10.3 Å². The number of aromatic nitrogens is 1. The van der Waals surface area contributed by atoms with Crippen molar-refractivity contribution in [2.75, 3.05) is 5.32 Å².